The van der Waals surface area contributed by atoms with Crippen LogP contribution in [0, 0.1) is 0 Å². The molecular weight excluding hydrogens is 325 g/mol. The highest BCUT2D eigenvalue weighted by molar-refractivity contribution is 5.90. The van der Waals surface area contributed by atoms with Crippen LogP contribution in [0.4, 0.5) is 19.0 Å². The van der Waals surface area contributed by atoms with Crippen LogP contribution in [-0.4, -0.2) is 53.9 Å². The Morgan fingerprint density at radius 3 is 2.42 bits per heavy atom. The molecule has 1 atom stereocenters. The molecule has 2 aliphatic heterocycles. The van der Waals surface area contributed by atoms with Crippen LogP contribution in [0.1, 0.15) is 18.4 Å². The van der Waals surface area contributed by atoms with E-state index in [-0.39, 0.29) is 11.8 Å². The predicted octanol–water partition coefficient (Wildman–Crippen LogP) is 1.03. The first-order valence-electron chi connectivity index (χ1n) is 7.71. The fourth-order valence-electron chi connectivity index (χ4n) is 2.92. The molecule has 0 aromatic carbocycles. The van der Waals surface area contributed by atoms with E-state index in [1.165, 1.54) is 6.07 Å². The summed E-state index contributed by atoms with van der Waals surface area (Å²) in [7, 11) is 0. The van der Waals surface area contributed by atoms with E-state index in [0.717, 1.165) is 12.3 Å². The van der Waals surface area contributed by atoms with Gasteiger partial charge in [-0.1, -0.05) is 0 Å². The first-order valence-corrected chi connectivity index (χ1v) is 7.71. The monoisotopic (exact) mass is 342 g/mol. The minimum Gasteiger partial charge on any atom is -0.353 e. The smallest absolute Gasteiger partial charge is 0.353 e. The van der Waals surface area contributed by atoms with Crippen molar-refractivity contribution in [3.05, 3.63) is 23.9 Å². The Kier molecular flexibility index (Phi) is 4.33. The van der Waals surface area contributed by atoms with Crippen molar-refractivity contribution in [3.8, 4) is 0 Å². The van der Waals surface area contributed by atoms with Crippen molar-refractivity contribution >= 4 is 17.6 Å². The number of nitrogens with one attached hydrogen (secondary N) is 1. The van der Waals surface area contributed by atoms with Crippen molar-refractivity contribution in [2.75, 3.05) is 31.1 Å². The maximum Gasteiger partial charge on any atom is 0.417 e. The lowest BCUT2D eigenvalue weighted by Gasteiger charge is -2.36. The third-order valence-corrected chi connectivity index (χ3v) is 4.28. The molecule has 1 N–H and O–H groups in total. The third kappa shape index (κ3) is 3.44. The van der Waals surface area contributed by atoms with Crippen LogP contribution in [-0.2, 0) is 15.8 Å². The number of carbonyl (C=O) groups excluding carboxylic acids is 2. The van der Waals surface area contributed by atoms with Crippen LogP contribution < -0.4 is 10.2 Å². The molecule has 1 aromatic rings. The van der Waals surface area contributed by atoms with Crippen LogP contribution in [0.3, 0.4) is 0 Å². The molecule has 0 spiro atoms. The van der Waals surface area contributed by atoms with Crippen molar-refractivity contribution < 1.29 is 22.8 Å². The minimum absolute atomic E-state index is 0.0964. The summed E-state index contributed by atoms with van der Waals surface area (Å²) in [6.07, 6.45) is -2.70. The number of rotatable bonds is 2. The standard InChI is InChI=1S/C15H17F3N4O2/c16-15(17,18)10-1-3-12(19-9-10)21-5-7-22(8-6-21)14(24)11-2-4-13(23)20-11/h1,3,9,11H,2,4-8H2,(H,20,23)/t11-/m1/s1. The van der Waals surface area contributed by atoms with Gasteiger partial charge >= 0.3 is 6.18 Å². The normalized spacial score (nSPS) is 21.8. The number of amides is 2. The fourth-order valence-corrected chi connectivity index (χ4v) is 2.92. The van der Waals surface area contributed by atoms with Gasteiger partial charge in [-0.25, -0.2) is 4.98 Å². The zero-order valence-corrected chi connectivity index (χ0v) is 12.8. The second-order valence-corrected chi connectivity index (χ2v) is 5.87. The second kappa shape index (κ2) is 6.29. The van der Waals surface area contributed by atoms with Crippen LogP contribution >= 0.6 is 0 Å². The molecule has 6 nitrogen and oxygen atoms in total. The highest BCUT2D eigenvalue weighted by Crippen LogP contribution is 2.29. The van der Waals surface area contributed by atoms with Gasteiger partial charge in [0.2, 0.25) is 11.8 Å². The summed E-state index contributed by atoms with van der Waals surface area (Å²) in [5.41, 5.74) is -0.781. The summed E-state index contributed by atoms with van der Waals surface area (Å²) < 4.78 is 37.6. The Morgan fingerprint density at radius 1 is 1.21 bits per heavy atom. The Morgan fingerprint density at radius 2 is 1.92 bits per heavy atom. The minimum atomic E-state index is -4.40. The number of nitrogens with zero attached hydrogens (tertiary/aromatic N) is 3. The van der Waals surface area contributed by atoms with Gasteiger partial charge in [0, 0.05) is 38.8 Å². The van der Waals surface area contributed by atoms with E-state index in [4.69, 9.17) is 0 Å². The highest BCUT2D eigenvalue weighted by Gasteiger charge is 2.33. The molecule has 0 unspecified atom stereocenters. The first-order chi connectivity index (χ1) is 11.3. The average molecular weight is 342 g/mol. The Balaban J connectivity index is 1.57. The average Bonchev–Trinajstić information content (AvgIpc) is 3.00. The van der Waals surface area contributed by atoms with Gasteiger partial charge in [-0.05, 0) is 18.6 Å². The summed E-state index contributed by atoms with van der Waals surface area (Å²) >= 11 is 0. The van der Waals surface area contributed by atoms with E-state index < -0.39 is 17.8 Å². The zero-order valence-electron chi connectivity index (χ0n) is 12.8. The molecule has 3 heterocycles. The first kappa shape index (κ1) is 16.5. The summed E-state index contributed by atoms with van der Waals surface area (Å²) in [6.45, 7) is 1.89. The largest absolute Gasteiger partial charge is 0.417 e. The van der Waals surface area contributed by atoms with Gasteiger partial charge in [0.1, 0.15) is 11.9 Å². The van der Waals surface area contributed by atoms with Crippen LogP contribution in [0.5, 0.6) is 0 Å². The van der Waals surface area contributed by atoms with Gasteiger partial charge in [0.05, 0.1) is 5.56 Å². The lowest BCUT2D eigenvalue weighted by molar-refractivity contribution is -0.138. The van der Waals surface area contributed by atoms with Crippen molar-refractivity contribution in [3.63, 3.8) is 0 Å². The SMILES string of the molecule is O=C1CC[C@H](C(=O)N2CCN(c3ccc(C(F)(F)F)cn3)CC2)N1. The van der Waals surface area contributed by atoms with Gasteiger partial charge in [-0.15, -0.1) is 0 Å². The molecule has 2 amide bonds. The van der Waals surface area contributed by atoms with Crippen LogP contribution in [0.25, 0.3) is 0 Å². The number of hydrogen-bond acceptors (Lipinski definition) is 4. The number of piperazine rings is 1. The number of alkyl halides is 3. The molecule has 3 rings (SSSR count). The van der Waals surface area contributed by atoms with Crippen LogP contribution in [0.2, 0.25) is 0 Å². The van der Waals surface area contributed by atoms with E-state index in [9.17, 15) is 22.8 Å². The molecule has 2 saturated heterocycles. The number of anilines is 1. The molecule has 1 aromatic heterocycles. The molecule has 9 heteroatoms. The van der Waals surface area contributed by atoms with E-state index in [2.05, 4.69) is 10.3 Å². The number of pyridine rings is 1. The summed E-state index contributed by atoms with van der Waals surface area (Å²) in [6, 6.07) is 1.90. The number of hydrogen-bond donors (Lipinski definition) is 1. The van der Waals surface area contributed by atoms with E-state index >= 15 is 0 Å². The van der Waals surface area contributed by atoms with Gasteiger partial charge in [0.15, 0.2) is 0 Å². The molecule has 0 saturated carbocycles. The second-order valence-electron chi connectivity index (χ2n) is 5.87. The summed E-state index contributed by atoms with van der Waals surface area (Å²) in [4.78, 5) is 30.9. The molecule has 2 fully saturated rings. The van der Waals surface area contributed by atoms with E-state index in [0.29, 0.717) is 44.8 Å². The lowest BCUT2D eigenvalue weighted by Crippen LogP contribution is -2.53. The number of halogens is 3. The van der Waals surface area contributed by atoms with Crippen molar-refractivity contribution in [1.29, 1.82) is 0 Å². The fraction of sp³-hybridized carbons (Fsp3) is 0.533. The molecule has 2 aliphatic rings. The molecule has 0 bridgehead atoms. The van der Waals surface area contributed by atoms with Crippen molar-refractivity contribution in [2.24, 2.45) is 0 Å². The third-order valence-electron chi connectivity index (χ3n) is 4.28. The lowest BCUT2D eigenvalue weighted by atomic mass is 10.2. The van der Waals surface area contributed by atoms with Crippen molar-refractivity contribution in [2.45, 2.75) is 25.1 Å². The molecule has 24 heavy (non-hydrogen) atoms. The quantitative estimate of drug-likeness (QED) is 0.872. The number of carbonyl (C=O) groups is 2. The summed E-state index contributed by atoms with van der Waals surface area (Å²) in [5.74, 6) is 0.256. The van der Waals surface area contributed by atoms with Gasteiger partial charge in [-0.3, -0.25) is 9.59 Å². The number of aromatic nitrogens is 1. The van der Waals surface area contributed by atoms with Gasteiger partial charge < -0.3 is 15.1 Å². The Bertz CT molecular complexity index is 625. The predicted molar refractivity (Wildman–Crippen MR) is 79.2 cm³/mol. The Labute approximate surface area is 136 Å². The topological polar surface area (TPSA) is 65.5 Å². The van der Waals surface area contributed by atoms with E-state index in [1.54, 1.807) is 4.90 Å². The maximum absolute atomic E-state index is 12.5. The van der Waals surface area contributed by atoms with E-state index in [1.807, 2.05) is 4.90 Å². The maximum atomic E-state index is 12.5. The molecule has 0 aliphatic carbocycles. The van der Waals surface area contributed by atoms with Crippen LogP contribution in [0.15, 0.2) is 18.3 Å². The molecule has 0 radical (unpaired) electrons. The molecular formula is C15H17F3N4O2. The highest BCUT2D eigenvalue weighted by atomic mass is 19.4. The van der Waals surface area contributed by atoms with Gasteiger partial charge in [0.25, 0.3) is 0 Å². The molecule has 130 valence electrons. The van der Waals surface area contributed by atoms with Gasteiger partial charge in [-0.2, -0.15) is 13.2 Å². The van der Waals surface area contributed by atoms with Crippen molar-refractivity contribution in [1.82, 2.24) is 15.2 Å². The zero-order chi connectivity index (χ0) is 17.3. The Hall–Kier alpha value is -2.32. The summed E-state index contributed by atoms with van der Waals surface area (Å²) in [5, 5.41) is 2.65.